The number of hydrogen-bond acceptors (Lipinski definition) is 5. The maximum Gasteiger partial charge on any atom is 0.333 e. The van der Waals surface area contributed by atoms with Crippen molar-refractivity contribution in [2.24, 2.45) is 5.41 Å². The molecule has 7 heteroatoms. The molecule has 0 saturated heterocycles. The van der Waals surface area contributed by atoms with Crippen molar-refractivity contribution < 1.29 is 23.1 Å². The normalized spacial score (nSPS) is 13.0. The molecular formula is C50H97BrO5Si. The van der Waals surface area contributed by atoms with E-state index in [1.165, 1.54) is 173 Å². The van der Waals surface area contributed by atoms with Gasteiger partial charge in [0.1, 0.15) is 0 Å². The molecule has 0 saturated carbocycles. The number of esters is 1. The van der Waals surface area contributed by atoms with Crippen molar-refractivity contribution in [3.63, 3.8) is 0 Å². The summed E-state index contributed by atoms with van der Waals surface area (Å²) >= 11 is 3.52. The van der Waals surface area contributed by atoms with E-state index in [4.69, 9.17) is 18.3 Å². The van der Waals surface area contributed by atoms with E-state index < -0.39 is 20.3 Å². The number of allylic oxidation sites excluding steroid dienone is 4. The first-order chi connectivity index (χ1) is 27.7. The fourth-order valence-corrected chi connectivity index (χ4v) is 9.01. The molecule has 338 valence electrons. The number of alkyl halides is 1. The predicted molar refractivity (Wildman–Crippen MR) is 255 cm³/mol. The number of ether oxygens (including phenoxy) is 2. The average Bonchev–Trinajstić information content (AvgIpc) is 3.18. The van der Waals surface area contributed by atoms with E-state index in [0.29, 0.717) is 26.2 Å². The van der Waals surface area contributed by atoms with Crippen LogP contribution in [0.1, 0.15) is 240 Å². The van der Waals surface area contributed by atoms with E-state index in [2.05, 4.69) is 67.2 Å². The van der Waals surface area contributed by atoms with Gasteiger partial charge in [-0.3, -0.25) is 4.79 Å². The fraction of sp³-hybridized carbons (Fsp3) is 0.900. The number of unbranched alkanes of at least 4 members (excludes halogenated alkanes) is 27. The topological polar surface area (TPSA) is 54.0 Å². The molecule has 0 aromatic rings. The quantitative estimate of drug-likeness (QED) is 0.0152. The highest BCUT2D eigenvalue weighted by atomic mass is 79.9. The van der Waals surface area contributed by atoms with E-state index in [1.807, 2.05) is 13.8 Å². The zero-order valence-corrected chi connectivity index (χ0v) is 41.6. The smallest absolute Gasteiger partial charge is 0.333 e. The summed E-state index contributed by atoms with van der Waals surface area (Å²) in [6.45, 7) is 14.6. The summed E-state index contributed by atoms with van der Waals surface area (Å²) in [6, 6.07) is 0. The van der Waals surface area contributed by atoms with Crippen LogP contribution in [0.3, 0.4) is 0 Å². The van der Waals surface area contributed by atoms with Gasteiger partial charge in [-0.1, -0.05) is 182 Å². The third kappa shape index (κ3) is 40.7. The predicted octanol–water partition coefficient (Wildman–Crippen LogP) is 17.1. The second-order valence-electron chi connectivity index (χ2n) is 17.9. The van der Waals surface area contributed by atoms with Crippen molar-refractivity contribution in [2.45, 2.75) is 259 Å². The molecular weight excluding hydrogens is 789 g/mol. The first kappa shape index (κ1) is 56.5. The Bertz CT molecular complexity index is 907. The molecule has 0 bridgehead atoms. The maximum absolute atomic E-state index is 13.3. The van der Waals surface area contributed by atoms with Crippen molar-refractivity contribution in [3.05, 3.63) is 24.3 Å². The molecule has 0 aromatic heterocycles. The zero-order valence-electron chi connectivity index (χ0n) is 39.0. The lowest BCUT2D eigenvalue weighted by atomic mass is 9.89. The Labute approximate surface area is 365 Å². The van der Waals surface area contributed by atoms with Crippen LogP contribution in [0.15, 0.2) is 24.3 Å². The fourth-order valence-electron chi connectivity index (χ4n) is 7.13. The average molecular weight is 886 g/mol. The summed E-state index contributed by atoms with van der Waals surface area (Å²) in [4.78, 5) is 13.3. The Balaban J connectivity index is 4.45. The van der Waals surface area contributed by atoms with E-state index in [0.717, 1.165) is 37.4 Å². The molecule has 0 aliphatic carbocycles. The molecule has 0 radical (unpaired) electrons. The third-order valence-electron chi connectivity index (χ3n) is 11.0. The molecule has 0 heterocycles. The second-order valence-corrected chi connectivity index (χ2v) is 22.0. The van der Waals surface area contributed by atoms with E-state index in [9.17, 15) is 4.79 Å². The summed E-state index contributed by atoms with van der Waals surface area (Å²) in [5, 5.41) is 1.06. The standard InChI is InChI=1S/C50H97BrO5Si/c1-7-9-11-13-15-17-19-21-23-25-27-29-31-33-36-40-44-53-48(56-57(5,6)55-46-42-38-35-39-43-51)47-50(3,4)49(52)54-45-41-37-34-32-30-28-26-24-22-20-18-16-14-12-10-8-2/h21-24,48H,7-20,25-47H2,1-6H3/b23-21-,24-22-. The van der Waals surface area contributed by atoms with E-state index >= 15 is 0 Å². The van der Waals surface area contributed by atoms with Crippen molar-refractivity contribution in [1.82, 2.24) is 0 Å². The molecule has 0 aliphatic heterocycles. The van der Waals surface area contributed by atoms with Gasteiger partial charge in [-0.05, 0) is 104 Å². The summed E-state index contributed by atoms with van der Waals surface area (Å²) in [7, 11) is -2.44. The highest BCUT2D eigenvalue weighted by Crippen LogP contribution is 2.29. The van der Waals surface area contributed by atoms with Crippen molar-refractivity contribution in [1.29, 1.82) is 0 Å². The van der Waals surface area contributed by atoms with E-state index in [1.54, 1.807) is 0 Å². The van der Waals surface area contributed by atoms with Gasteiger partial charge in [0.25, 0.3) is 0 Å². The van der Waals surface area contributed by atoms with Gasteiger partial charge in [0.15, 0.2) is 6.29 Å². The Kier molecular flexibility index (Phi) is 41.9. The zero-order chi connectivity index (χ0) is 42.0. The monoisotopic (exact) mass is 885 g/mol. The minimum absolute atomic E-state index is 0.156. The van der Waals surface area contributed by atoms with Gasteiger partial charge in [0.05, 0.1) is 12.0 Å². The lowest BCUT2D eigenvalue weighted by Gasteiger charge is -2.33. The van der Waals surface area contributed by atoms with E-state index in [-0.39, 0.29) is 5.97 Å². The van der Waals surface area contributed by atoms with Crippen LogP contribution in [0, 0.1) is 5.41 Å². The number of rotatable bonds is 45. The molecule has 0 aliphatic rings. The van der Waals surface area contributed by atoms with Crippen LogP contribution in [0.25, 0.3) is 0 Å². The van der Waals surface area contributed by atoms with Crippen LogP contribution in [0.4, 0.5) is 0 Å². The first-order valence-corrected chi connectivity index (χ1v) is 28.6. The van der Waals surface area contributed by atoms with Gasteiger partial charge in [-0.25, -0.2) is 0 Å². The molecule has 0 amide bonds. The Morgan fingerprint density at radius 2 is 0.895 bits per heavy atom. The van der Waals surface area contributed by atoms with Crippen molar-refractivity contribution in [2.75, 3.05) is 25.2 Å². The minimum atomic E-state index is -2.44. The molecule has 1 unspecified atom stereocenters. The Morgan fingerprint density at radius 1 is 0.526 bits per heavy atom. The molecule has 0 spiro atoms. The number of carbonyl (C=O) groups excluding carboxylic acids is 1. The van der Waals surface area contributed by atoms with Gasteiger partial charge in [0, 0.05) is 25.0 Å². The van der Waals surface area contributed by atoms with Crippen molar-refractivity contribution >= 4 is 30.5 Å². The second kappa shape index (κ2) is 42.2. The lowest BCUT2D eigenvalue weighted by molar-refractivity contribution is -0.164. The van der Waals surface area contributed by atoms with Crippen LogP contribution in [-0.2, 0) is 23.1 Å². The van der Waals surface area contributed by atoms with Crippen LogP contribution in [-0.4, -0.2) is 46.0 Å². The van der Waals surface area contributed by atoms with Crippen LogP contribution >= 0.6 is 15.9 Å². The van der Waals surface area contributed by atoms with Crippen LogP contribution in [0.5, 0.6) is 0 Å². The number of carbonyl (C=O) groups is 1. The first-order valence-electron chi connectivity index (χ1n) is 24.6. The lowest BCUT2D eigenvalue weighted by Crippen LogP contribution is -2.43. The molecule has 5 nitrogen and oxygen atoms in total. The van der Waals surface area contributed by atoms with Crippen LogP contribution < -0.4 is 0 Å². The van der Waals surface area contributed by atoms with Gasteiger partial charge in [-0.15, -0.1) is 0 Å². The molecule has 0 rings (SSSR count). The molecule has 1 atom stereocenters. The Morgan fingerprint density at radius 3 is 1.33 bits per heavy atom. The van der Waals surface area contributed by atoms with Gasteiger partial charge in [0.2, 0.25) is 0 Å². The van der Waals surface area contributed by atoms with Gasteiger partial charge >= 0.3 is 14.5 Å². The summed E-state index contributed by atoms with van der Waals surface area (Å²) < 4.78 is 25.1. The molecule has 0 N–H and O–H groups in total. The van der Waals surface area contributed by atoms with Crippen molar-refractivity contribution in [3.8, 4) is 0 Å². The summed E-state index contributed by atoms with van der Waals surface area (Å²) in [5.74, 6) is -0.156. The third-order valence-corrected chi connectivity index (χ3v) is 13.3. The molecule has 0 aromatic carbocycles. The highest BCUT2D eigenvalue weighted by Gasteiger charge is 2.37. The molecule has 57 heavy (non-hydrogen) atoms. The number of hydrogen-bond donors (Lipinski definition) is 0. The van der Waals surface area contributed by atoms with Gasteiger partial charge in [-0.2, -0.15) is 0 Å². The maximum atomic E-state index is 13.3. The molecule has 0 fully saturated rings. The summed E-state index contributed by atoms with van der Waals surface area (Å²) in [5.41, 5.74) is -0.698. The highest BCUT2D eigenvalue weighted by molar-refractivity contribution is 9.09. The largest absolute Gasteiger partial charge is 0.465 e. The Hall–Kier alpha value is -0.473. The SMILES string of the molecule is CCCCCCCC/C=C\CCCCCCCCOC(=O)C(C)(C)CC(OCCCCCCCC/C=C\CCCCCCCC)O[Si](C)(C)OCCCCCCBr. The number of halogens is 1. The minimum Gasteiger partial charge on any atom is -0.465 e. The van der Waals surface area contributed by atoms with Crippen LogP contribution in [0.2, 0.25) is 13.1 Å². The van der Waals surface area contributed by atoms with Gasteiger partial charge < -0.3 is 18.3 Å². The summed E-state index contributed by atoms with van der Waals surface area (Å²) in [6.07, 6.45) is 50.0.